The Labute approximate surface area is 228 Å². The number of halogens is 4. The van der Waals surface area contributed by atoms with Crippen LogP contribution in [0.1, 0.15) is 25.0 Å². The number of aromatic nitrogens is 1. The molecule has 1 aromatic heterocycles. The van der Waals surface area contributed by atoms with Gasteiger partial charge in [-0.1, -0.05) is 11.6 Å². The maximum Gasteiger partial charge on any atom is 0.422 e. The fourth-order valence-electron chi connectivity index (χ4n) is 3.51. The van der Waals surface area contributed by atoms with Crippen LogP contribution in [0, 0.1) is 0 Å². The molecule has 1 amide bonds. The van der Waals surface area contributed by atoms with Crippen molar-refractivity contribution < 1.29 is 50.1 Å². The largest absolute Gasteiger partial charge is 0.491 e. The summed E-state index contributed by atoms with van der Waals surface area (Å²) in [5.41, 5.74) is -0.852. The molecular weight excluding hydrogens is 571 g/mol. The summed E-state index contributed by atoms with van der Waals surface area (Å²) in [5, 5.41) is -0.416. The molecule has 1 aliphatic rings. The van der Waals surface area contributed by atoms with Gasteiger partial charge in [-0.15, -0.1) is 0 Å². The standard InChI is InChI=1S/C23H27ClF3N3O8S/c1-14-11-30(12-15(2)37-14)39(32,33)29-22(31)36-13-16-4-5-18(35-7-6-34-3)9-20(16)38-21-19(24)8-17(10-28-21)23(25,26)27/h4-5,8-10,14-15H,6-7,11-13H2,1-3H3,(H,29,31)/t14-,15+. The average Bonchev–Trinajstić information content (AvgIpc) is 2.83. The molecule has 0 spiro atoms. The molecular formula is C23H27ClF3N3O8S. The molecule has 2 heterocycles. The van der Waals surface area contributed by atoms with E-state index < -0.39 is 39.7 Å². The van der Waals surface area contributed by atoms with Gasteiger partial charge in [-0.25, -0.2) is 14.5 Å². The molecule has 2 atom stereocenters. The van der Waals surface area contributed by atoms with Crippen molar-refractivity contribution in [3.05, 3.63) is 46.6 Å². The van der Waals surface area contributed by atoms with E-state index in [1.165, 1.54) is 25.3 Å². The number of rotatable bonds is 10. The number of carbonyl (C=O) groups is 1. The molecule has 0 unspecified atom stereocenters. The molecule has 1 saturated heterocycles. The number of ether oxygens (including phenoxy) is 5. The SMILES string of the molecule is COCCOc1ccc(COC(=O)NS(=O)(=O)N2C[C@@H](C)O[C@@H](C)C2)c(Oc2ncc(C(F)(F)F)cc2Cl)c1. The van der Waals surface area contributed by atoms with E-state index in [1.54, 1.807) is 13.8 Å². The fraction of sp³-hybridized carbons (Fsp3) is 0.478. The molecule has 0 saturated carbocycles. The molecule has 39 heavy (non-hydrogen) atoms. The minimum absolute atomic E-state index is 0.00874. The van der Waals surface area contributed by atoms with Gasteiger partial charge in [0.05, 0.1) is 24.4 Å². The van der Waals surface area contributed by atoms with Crippen LogP contribution in [0.4, 0.5) is 18.0 Å². The van der Waals surface area contributed by atoms with Gasteiger partial charge in [-0.2, -0.15) is 25.9 Å². The van der Waals surface area contributed by atoms with Crippen molar-refractivity contribution in [1.82, 2.24) is 14.0 Å². The summed E-state index contributed by atoms with van der Waals surface area (Å²) in [7, 11) is -2.72. The maximum absolute atomic E-state index is 13.0. The second-order valence-corrected chi connectivity index (χ2v) is 10.6. The van der Waals surface area contributed by atoms with E-state index in [0.29, 0.717) is 18.0 Å². The van der Waals surface area contributed by atoms with Crippen LogP contribution < -0.4 is 14.2 Å². The van der Waals surface area contributed by atoms with Crippen molar-refractivity contribution in [2.24, 2.45) is 0 Å². The van der Waals surface area contributed by atoms with Crippen LogP contribution in [-0.2, 0) is 37.2 Å². The van der Waals surface area contributed by atoms with Gasteiger partial charge >= 0.3 is 22.5 Å². The van der Waals surface area contributed by atoms with Crippen molar-refractivity contribution in [3.63, 3.8) is 0 Å². The fourth-order valence-corrected chi connectivity index (χ4v) is 4.93. The highest BCUT2D eigenvalue weighted by molar-refractivity contribution is 7.87. The lowest BCUT2D eigenvalue weighted by molar-refractivity contribution is -0.137. The van der Waals surface area contributed by atoms with Crippen LogP contribution in [-0.4, -0.2) is 69.4 Å². The number of nitrogens with one attached hydrogen (secondary N) is 1. The van der Waals surface area contributed by atoms with Crippen molar-refractivity contribution in [2.45, 2.75) is 38.8 Å². The van der Waals surface area contributed by atoms with E-state index in [-0.39, 0.29) is 55.7 Å². The minimum atomic E-state index is -4.66. The Kier molecular flexibility index (Phi) is 10.2. The van der Waals surface area contributed by atoms with Crippen LogP contribution in [0.25, 0.3) is 0 Å². The highest BCUT2D eigenvalue weighted by atomic mass is 35.5. The van der Waals surface area contributed by atoms with Crippen molar-refractivity contribution in [2.75, 3.05) is 33.4 Å². The van der Waals surface area contributed by atoms with Gasteiger partial charge in [-0.3, -0.25) is 0 Å². The Morgan fingerprint density at radius 3 is 2.51 bits per heavy atom. The molecule has 0 bridgehead atoms. The minimum Gasteiger partial charge on any atom is -0.491 e. The van der Waals surface area contributed by atoms with E-state index >= 15 is 0 Å². The number of hydrogen-bond donors (Lipinski definition) is 1. The van der Waals surface area contributed by atoms with Crippen molar-refractivity contribution in [1.29, 1.82) is 0 Å². The van der Waals surface area contributed by atoms with Crippen LogP contribution in [0.3, 0.4) is 0 Å². The highest BCUT2D eigenvalue weighted by Crippen LogP contribution is 2.36. The molecule has 0 radical (unpaired) electrons. The summed E-state index contributed by atoms with van der Waals surface area (Å²) in [6.07, 6.45) is -6.08. The summed E-state index contributed by atoms with van der Waals surface area (Å²) in [6.45, 7) is 3.51. The van der Waals surface area contributed by atoms with Gasteiger partial charge < -0.3 is 23.7 Å². The molecule has 0 aliphatic carbocycles. The first-order valence-corrected chi connectivity index (χ1v) is 13.4. The Morgan fingerprint density at radius 1 is 1.21 bits per heavy atom. The molecule has 1 aliphatic heterocycles. The zero-order valence-corrected chi connectivity index (χ0v) is 22.7. The smallest absolute Gasteiger partial charge is 0.422 e. The number of pyridine rings is 1. The summed E-state index contributed by atoms with van der Waals surface area (Å²) < 4.78 is 93.7. The third-order valence-electron chi connectivity index (χ3n) is 5.23. The Balaban J connectivity index is 1.75. The van der Waals surface area contributed by atoms with E-state index in [4.69, 9.17) is 35.3 Å². The lowest BCUT2D eigenvalue weighted by Crippen LogP contribution is -2.53. The van der Waals surface area contributed by atoms with Crippen molar-refractivity contribution >= 4 is 27.9 Å². The predicted molar refractivity (Wildman–Crippen MR) is 132 cm³/mol. The molecule has 1 aromatic carbocycles. The lowest BCUT2D eigenvalue weighted by Gasteiger charge is -2.33. The molecule has 216 valence electrons. The molecule has 1 N–H and O–H groups in total. The third kappa shape index (κ3) is 8.83. The summed E-state index contributed by atoms with van der Waals surface area (Å²) >= 11 is 5.96. The van der Waals surface area contributed by atoms with Gasteiger partial charge in [0.25, 0.3) is 0 Å². The quantitative estimate of drug-likeness (QED) is 0.402. The maximum atomic E-state index is 13.0. The van der Waals surface area contributed by atoms with Crippen LogP contribution in [0.15, 0.2) is 30.5 Å². The third-order valence-corrected chi connectivity index (χ3v) is 6.91. The number of hydrogen-bond acceptors (Lipinski definition) is 9. The van der Waals surface area contributed by atoms with Gasteiger partial charge in [0, 0.05) is 38.0 Å². The number of carbonyl (C=O) groups excluding carboxylic acids is 1. The summed E-state index contributed by atoms with van der Waals surface area (Å²) in [5.74, 6) is -0.0514. The van der Waals surface area contributed by atoms with E-state index in [2.05, 4.69) is 4.98 Å². The summed E-state index contributed by atoms with van der Waals surface area (Å²) in [4.78, 5) is 16.0. The van der Waals surface area contributed by atoms with Crippen LogP contribution in [0.2, 0.25) is 5.02 Å². The number of amides is 1. The van der Waals surface area contributed by atoms with Crippen molar-refractivity contribution in [3.8, 4) is 17.4 Å². The van der Waals surface area contributed by atoms with E-state index in [1.807, 2.05) is 4.72 Å². The second-order valence-electron chi connectivity index (χ2n) is 8.48. The van der Waals surface area contributed by atoms with E-state index in [9.17, 15) is 26.4 Å². The van der Waals surface area contributed by atoms with Crippen LogP contribution in [0.5, 0.6) is 17.4 Å². The topological polar surface area (TPSA) is 126 Å². The van der Waals surface area contributed by atoms with Gasteiger partial charge in [0.1, 0.15) is 29.7 Å². The normalized spacial score (nSPS) is 18.4. The Hall–Kier alpha value is -2.85. The van der Waals surface area contributed by atoms with Gasteiger partial charge in [0.15, 0.2) is 0 Å². The number of nitrogens with zero attached hydrogens (tertiary/aromatic N) is 2. The molecule has 16 heteroatoms. The first-order chi connectivity index (χ1) is 18.3. The molecule has 2 aromatic rings. The Morgan fingerprint density at radius 2 is 1.90 bits per heavy atom. The van der Waals surface area contributed by atoms with Crippen LogP contribution >= 0.6 is 11.6 Å². The molecule has 3 rings (SSSR count). The Bertz CT molecular complexity index is 1260. The van der Waals surface area contributed by atoms with E-state index in [0.717, 1.165) is 4.31 Å². The number of benzene rings is 1. The number of methoxy groups -OCH3 is 1. The second kappa shape index (κ2) is 13.0. The monoisotopic (exact) mass is 597 g/mol. The molecule has 11 nitrogen and oxygen atoms in total. The zero-order valence-electron chi connectivity index (χ0n) is 21.2. The highest BCUT2D eigenvalue weighted by Gasteiger charge is 2.33. The first-order valence-electron chi connectivity index (χ1n) is 11.5. The first kappa shape index (κ1) is 30.7. The number of alkyl halides is 3. The predicted octanol–water partition coefficient (Wildman–Crippen LogP) is 4.15. The summed E-state index contributed by atoms with van der Waals surface area (Å²) in [6, 6.07) is 5.02. The van der Waals surface area contributed by atoms with Gasteiger partial charge in [0.2, 0.25) is 5.88 Å². The van der Waals surface area contributed by atoms with Gasteiger partial charge in [-0.05, 0) is 32.0 Å². The lowest BCUT2D eigenvalue weighted by atomic mass is 10.2. The average molecular weight is 598 g/mol. The zero-order chi connectivity index (χ0) is 28.8. The number of morpholine rings is 1. The molecule has 1 fully saturated rings.